The number of rotatable bonds is 3. The molecule has 0 saturated carbocycles. The smallest absolute Gasteiger partial charge is 0.0640 e. The Kier molecular flexibility index (Phi) is 5.51. The monoisotopic (exact) mass is 601 g/mol. The normalized spacial score (nSPS) is 11.9. The lowest BCUT2D eigenvalue weighted by Gasteiger charge is -2.13. The maximum absolute atomic E-state index is 2.55. The van der Waals surface area contributed by atoms with Crippen LogP contribution < -0.4 is 0 Å². The second kappa shape index (κ2) is 9.90. The van der Waals surface area contributed by atoms with Crippen LogP contribution in [-0.2, 0) is 0 Å². The van der Waals surface area contributed by atoms with Gasteiger partial charge in [0.1, 0.15) is 0 Å². The summed E-state index contributed by atoms with van der Waals surface area (Å²) < 4.78 is 5.23. The van der Waals surface area contributed by atoms with Gasteiger partial charge in [-0.15, -0.1) is 11.3 Å². The summed E-state index contributed by atoms with van der Waals surface area (Å²) in [4.78, 5) is 0. The molecule has 0 saturated heterocycles. The Morgan fingerprint density at radius 3 is 1.87 bits per heavy atom. The van der Waals surface area contributed by atoms with Crippen LogP contribution in [0.4, 0.5) is 0 Å². The maximum atomic E-state index is 2.55. The van der Waals surface area contributed by atoms with E-state index in [0.717, 1.165) is 0 Å². The van der Waals surface area contributed by atoms with E-state index in [2.05, 4.69) is 168 Å². The molecular formula is C44H27NS. The van der Waals surface area contributed by atoms with Crippen molar-refractivity contribution < 1.29 is 0 Å². The highest BCUT2D eigenvalue weighted by atomic mass is 32.1. The third-order valence-corrected chi connectivity index (χ3v) is 10.8. The largest absolute Gasteiger partial charge is 0.308 e. The van der Waals surface area contributed by atoms with Crippen molar-refractivity contribution in [1.82, 2.24) is 4.57 Å². The molecule has 0 unspecified atom stereocenters. The molecule has 8 aromatic carbocycles. The Labute approximate surface area is 270 Å². The molecule has 0 radical (unpaired) electrons. The third-order valence-electron chi connectivity index (χ3n) is 9.56. The first kappa shape index (κ1) is 25.6. The molecule has 0 bridgehead atoms. The zero-order chi connectivity index (χ0) is 30.2. The molecule has 1 nitrogen and oxygen atoms in total. The van der Waals surface area contributed by atoms with E-state index in [1.54, 1.807) is 0 Å². The van der Waals surface area contributed by atoms with Crippen LogP contribution in [0.2, 0.25) is 0 Å². The summed E-state index contributed by atoms with van der Waals surface area (Å²) in [5, 5.41) is 10.3. The summed E-state index contributed by atoms with van der Waals surface area (Å²) in [6, 6.07) is 60.0. The van der Waals surface area contributed by atoms with E-state index < -0.39 is 0 Å². The summed E-state index contributed by atoms with van der Waals surface area (Å²) in [5.41, 5.74) is 8.72. The number of nitrogens with zero attached hydrogens (tertiary/aromatic N) is 1. The van der Waals surface area contributed by atoms with Crippen LogP contribution in [0, 0.1) is 0 Å². The van der Waals surface area contributed by atoms with Crippen LogP contribution in [0.5, 0.6) is 0 Å². The fraction of sp³-hybridized carbons (Fsp3) is 0. The molecule has 2 heterocycles. The highest BCUT2D eigenvalue weighted by molar-refractivity contribution is 7.27. The van der Waals surface area contributed by atoms with E-state index in [0.29, 0.717) is 0 Å². The first-order valence-corrected chi connectivity index (χ1v) is 16.6. The van der Waals surface area contributed by atoms with Crippen molar-refractivity contribution >= 4 is 74.9 Å². The molecule has 0 amide bonds. The van der Waals surface area contributed by atoms with Gasteiger partial charge in [0.25, 0.3) is 0 Å². The summed E-state index contributed by atoms with van der Waals surface area (Å²) in [7, 11) is 0. The van der Waals surface area contributed by atoms with E-state index in [-0.39, 0.29) is 0 Å². The maximum Gasteiger partial charge on any atom is 0.0640 e. The number of benzene rings is 8. The predicted octanol–water partition coefficient (Wildman–Crippen LogP) is 12.8. The Hall–Kier alpha value is -5.70. The summed E-state index contributed by atoms with van der Waals surface area (Å²) >= 11 is 1.93. The molecule has 0 atom stereocenters. The molecule has 214 valence electrons. The molecule has 0 aliphatic heterocycles. The second-order valence-corrected chi connectivity index (χ2v) is 13.1. The quantitative estimate of drug-likeness (QED) is 0.190. The van der Waals surface area contributed by atoms with E-state index >= 15 is 0 Å². The van der Waals surface area contributed by atoms with Crippen LogP contribution in [0.3, 0.4) is 0 Å². The van der Waals surface area contributed by atoms with Crippen molar-refractivity contribution in [2.45, 2.75) is 0 Å². The number of fused-ring (bicyclic) bond motifs is 11. The van der Waals surface area contributed by atoms with Crippen molar-refractivity contribution in [3.05, 3.63) is 164 Å². The number of thiophene rings is 1. The standard InChI is InChI=1S/C44H27NS/c1-3-13-28(14-4-1)31-25-26-39-37(27-31)40-34-20-9-10-21-35(34)44-41(36-23-12-22-33(43(36)46-44)30-15-5-2-6-16-30)42(40)45(39)38-24-11-18-29-17-7-8-19-32(29)38/h1-27H. The van der Waals surface area contributed by atoms with Crippen LogP contribution in [-0.4, -0.2) is 4.57 Å². The van der Waals surface area contributed by atoms with Crippen LogP contribution in [0.1, 0.15) is 0 Å². The molecule has 0 fully saturated rings. The van der Waals surface area contributed by atoms with Crippen molar-refractivity contribution in [2.24, 2.45) is 0 Å². The fourth-order valence-electron chi connectivity index (χ4n) is 7.55. The molecule has 0 spiro atoms. The van der Waals surface area contributed by atoms with Gasteiger partial charge in [0.05, 0.1) is 16.7 Å². The van der Waals surface area contributed by atoms with Gasteiger partial charge < -0.3 is 4.57 Å². The van der Waals surface area contributed by atoms with Crippen molar-refractivity contribution in [3.63, 3.8) is 0 Å². The zero-order valence-electron chi connectivity index (χ0n) is 24.9. The summed E-state index contributed by atoms with van der Waals surface area (Å²) in [6.45, 7) is 0. The van der Waals surface area contributed by atoms with Crippen LogP contribution >= 0.6 is 11.3 Å². The van der Waals surface area contributed by atoms with E-state index in [9.17, 15) is 0 Å². The van der Waals surface area contributed by atoms with Crippen molar-refractivity contribution in [2.75, 3.05) is 0 Å². The molecule has 0 aliphatic rings. The molecule has 0 N–H and O–H groups in total. The summed E-state index contributed by atoms with van der Waals surface area (Å²) in [6.07, 6.45) is 0. The van der Waals surface area contributed by atoms with Gasteiger partial charge in [0.15, 0.2) is 0 Å². The first-order chi connectivity index (χ1) is 22.8. The topological polar surface area (TPSA) is 4.93 Å². The number of hydrogen-bond donors (Lipinski definition) is 0. The van der Waals surface area contributed by atoms with Crippen molar-refractivity contribution in [3.8, 4) is 27.9 Å². The van der Waals surface area contributed by atoms with Crippen molar-refractivity contribution in [1.29, 1.82) is 0 Å². The average Bonchev–Trinajstić information content (AvgIpc) is 3.68. The lowest BCUT2D eigenvalue weighted by atomic mass is 9.97. The van der Waals surface area contributed by atoms with Crippen LogP contribution in [0.15, 0.2) is 164 Å². The Morgan fingerprint density at radius 1 is 0.391 bits per heavy atom. The van der Waals surface area contributed by atoms with Gasteiger partial charge in [-0.05, 0) is 51.2 Å². The highest BCUT2D eigenvalue weighted by Gasteiger charge is 2.24. The molecule has 2 heteroatoms. The van der Waals surface area contributed by atoms with Gasteiger partial charge in [-0.25, -0.2) is 0 Å². The second-order valence-electron chi connectivity index (χ2n) is 12.1. The minimum atomic E-state index is 1.21. The Bertz CT molecular complexity index is 2780. The SMILES string of the molecule is c1ccc(-c2ccc3c(c2)c2c4ccccc4c4sc5c(-c6ccccc6)cccc5c4c2n3-c2cccc3ccccc23)cc1. The fourth-order valence-corrected chi connectivity index (χ4v) is 8.93. The Balaban J connectivity index is 1.47. The first-order valence-electron chi connectivity index (χ1n) is 15.8. The van der Waals surface area contributed by atoms with Gasteiger partial charge in [-0.2, -0.15) is 0 Å². The molecule has 46 heavy (non-hydrogen) atoms. The number of aromatic nitrogens is 1. The summed E-state index contributed by atoms with van der Waals surface area (Å²) in [5.74, 6) is 0. The van der Waals surface area contributed by atoms with Crippen LogP contribution in [0.25, 0.3) is 91.5 Å². The highest BCUT2D eigenvalue weighted by Crippen LogP contribution is 2.50. The minimum absolute atomic E-state index is 1.21. The van der Waals surface area contributed by atoms with E-state index in [1.807, 2.05) is 11.3 Å². The molecule has 10 rings (SSSR count). The Morgan fingerprint density at radius 2 is 1.04 bits per heavy atom. The molecule has 10 aromatic rings. The van der Waals surface area contributed by atoms with Gasteiger partial charge in [0, 0.05) is 41.7 Å². The van der Waals surface area contributed by atoms with Gasteiger partial charge in [-0.1, -0.05) is 146 Å². The van der Waals surface area contributed by atoms with Gasteiger partial charge in [0.2, 0.25) is 0 Å². The number of hydrogen-bond acceptors (Lipinski definition) is 1. The van der Waals surface area contributed by atoms with Gasteiger partial charge in [-0.3, -0.25) is 0 Å². The molecule has 2 aromatic heterocycles. The zero-order valence-corrected chi connectivity index (χ0v) is 25.8. The van der Waals surface area contributed by atoms with E-state index in [1.165, 1.54) is 91.5 Å². The van der Waals surface area contributed by atoms with E-state index in [4.69, 9.17) is 0 Å². The van der Waals surface area contributed by atoms with Gasteiger partial charge >= 0.3 is 0 Å². The average molecular weight is 602 g/mol. The lowest BCUT2D eigenvalue weighted by Crippen LogP contribution is -1.96. The minimum Gasteiger partial charge on any atom is -0.308 e. The third kappa shape index (κ3) is 3.62. The molecule has 0 aliphatic carbocycles. The molecular weight excluding hydrogens is 575 g/mol. The lowest BCUT2D eigenvalue weighted by molar-refractivity contribution is 1.21. The predicted molar refractivity (Wildman–Crippen MR) is 200 cm³/mol.